The van der Waals surface area contributed by atoms with Gasteiger partial charge in [-0.3, -0.25) is 14.5 Å². The van der Waals surface area contributed by atoms with E-state index in [0.717, 1.165) is 29.9 Å². The van der Waals surface area contributed by atoms with Crippen molar-refractivity contribution in [1.29, 1.82) is 0 Å². The number of rotatable bonds is 4. The number of imide groups is 1. The predicted octanol–water partition coefficient (Wildman–Crippen LogP) is 3.02. The number of amides is 4. The van der Waals surface area contributed by atoms with Crippen LogP contribution in [0.4, 0.5) is 23.7 Å². The van der Waals surface area contributed by atoms with Crippen LogP contribution in [0.5, 0.6) is 5.75 Å². The lowest BCUT2D eigenvalue weighted by molar-refractivity contribution is -0.274. The van der Waals surface area contributed by atoms with Gasteiger partial charge in [-0.2, -0.15) is 0 Å². The number of nitrogens with zero attached hydrogens (tertiary/aromatic N) is 1. The number of alkyl halides is 3. The van der Waals surface area contributed by atoms with Crippen molar-refractivity contribution in [3.63, 3.8) is 0 Å². The van der Waals surface area contributed by atoms with Crippen LogP contribution in [0.3, 0.4) is 0 Å². The molecule has 1 spiro atoms. The first-order valence-electron chi connectivity index (χ1n) is 8.88. The molecule has 1 aromatic carbocycles. The van der Waals surface area contributed by atoms with E-state index in [9.17, 15) is 27.6 Å². The van der Waals surface area contributed by atoms with Gasteiger partial charge in [0.25, 0.3) is 5.91 Å². The topological polar surface area (TPSA) is 87.7 Å². The number of nitrogens with one attached hydrogen (secondary N) is 2. The number of ether oxygens (including phenoxy) is 1. The van der Waals surface area contributed by atoms with Crippen LogP contribution < -0.4 is 15.4 Å². The second-order valence-corrected chi connectivity index (χ2v) is 7.21. The summed E-state index contributed by atoms with van der Waals surface area (Å²) in [5.41, 5.74) is -0.715. The number of anilines is 1. The van der Waals surface area contributed by atoms with Gasteiger partial charge in [0, 0.05) is 5.69 Å². The van der Waals surface area contributed by atoms with Crippen LogP contribution in [0.15, 0.2) is 24.3 Å². The lowest BCUT2D eigenvalue weighted by atomic mass is 9.77. The summed E-state index contributed by atoms with van der Waals surface area (Å²) < 4.78 is 40.2. The van der Waals surface area contributed by atoms with E-state index in [1.165, 1.54) is 12.1 Å². The Hall–Kier alpha value is -2.78. The molecule has 0 aromatic heterocycles. The molecule has 1 aromatic rings. The molecule has 0 unspecified atom stereocenters. The van der Waals surface area contributed by atoms with E-state index in [2.05, 4.69) is 22.3 Å². The molecule has 2 fully saturated rings. The van der Waals surface area contributed by atoms with Crippen molar-refractivity contribution in [2.45, 2.75) is 44.5 Å². The second-order valence-electron chi connectivity index (χ2n) is 7.21. The fraction of sp³-hybridized carbons (Fsp3) is 0.500. The van der Waals surface area contributed by atoms with Crippen LogP contribution in [0.25, 0.3) is 0 Å². The normalized spacial score (nSPS) is 25.0. The summed E-state index contributed by atoms with van der Waals surface area (Å²) in [6, 6.07) is 3.96. The van der Waals surface area contributed by atoms with E-state index in [-0.39, 0.29) is 5.69 Å². The Morgan fingerprint density at radius 2 is 1.86 bits per heavy atom. The van der Waals surface area contributed by atoms with Crippen molar-refractivity contribution in [3.8, 4) is 5.75 Å². The van der Waals surface area contributed by atoms with Crippen molar-refractivity contribution >= 4 is 23.5 Å². The van der Waals surface area contributed by atoms with Gasteiger partial charge in [-0.05, 0) is 55.9 Å². The molecule has 2 N–H and O–H groups in total. The number of hydrogen-bond acceptors (Lipinski definition) is 4. The summed E-state index contributed by atoms with van der Waals surface area (Å²) in [7, 11) is 0. The third-order valence-electron chi connectivity index (χ3n) is 5.05. The van der Waals surface area contributed by atoms with Crippen LogP contribution in [0.2, 0.25) is 0 Å². The highest BCUT2D eigenvalue weighted by molar-refractivity contribution is 6.10. The number of urea groups is 1. The third-order valence-corrected chi connectivity index (χ3v) is 5.05. The Kier molecular flexibility index (Phi) is 5.22. The fourth-order valence-corrected chi connectivity index (χ4v) is 3.50. The minimum atomic E-state index is -4.80. The maximum absolute atomic E-state index is 12.7. The van der Waals surface area contributed by atoms with Gasteiger partial charge in [-0.25, -0.2) is 4.79 Å². The van der Waals surface area contributed by atoms with E-state index in [4.69, 9.17) is 0 Å². The first-order valence-corrected chi connectivity index (χ1v) is 8.88. The molecule has 1 aliphatic carbocycles. The Balaban J connectivity index is 1.59. The number of carbonyl (C=O) groups is 3. The lowest BCUT2D eigenvalue weighted by Gasteiger charge is -2.33. The van der Waals surface area contributed by atoms with E-state index in [0.29, 0.717) is 18.8 Å². The Morgan fingerprint density at radius 1 is 1.25 bits per heavy atom. The summed E-state index contributed by atoms with van der Waals surface area (Å²) in [5.74, 6) is -0.979. The molecule has 1 saturated heterocycles. The molecule has 0 radical (unpaired) electrons. The lowest BCUT2D eigenvalue weighted by Crippen LogP contribution is -2.49. The van der Waals surface area contributed by atoms with Gasteiger partial charge in [0.2, 0.25) is 5.91 Å². The summed E-state index contributed by atoms with van der Waals surface area (Å²) in [6.07, 6.45) is -2.09. The van der Waals surface area contributed by atoms with Gasteiger partial charge in [-0.15, -0.1) is 13.2 Å². The molecule has 0 atom stereocenters. The van der Waals surface area contributed by atoms with Crippen LogP contribution >= 0.6 is 0 Å². The Labute approximate surface area is 159 Å². The molecule has 152 valence electrons. The van der Waals surface area contributed by atoms with Crippen LogP contribution in [0, 0.1) is 5.92 Å². The zero-order chi connectivity index (χ0) is 20.5. The number of halogens is 3. The summed E-state index contributed by atoms with van der Waals surface area (Å²) in [5, 5.41) is 5.17. The van der Waals surface area contributed by atoms with E-state index in [1.807, 2.05) is 0 Å². The standard InChI is InChI=1S/C18H20F3N3O4/c1-11-6-8-17(9-7-11)15(26)24(16(27)23-17)10-14(25)22-12-2-4-13(5-3-12)28-18(19,20)21/h2-5,11H,6-10H2,1H3,(H,22,25)(H,23,27). The summed E-state index contributed by atoms with van der Waals surface area (Å²) >= 11 is 0. The molecule has 1 heterocycles. The molecule has 10 heteroatoms. The molecular formula is C18H20F3N3O4. The number of benzene rings is 1. The summed E-state index contributed by atoms with van der Waals surface area (Å²) in [6.45, 7) is 1.62. The molecular weight excluding hydrogens is 379 g/mol. The smallest absolute Gasteiger partial charge is 0.406 e. The van der Waals surface area contributed by atoms with E-state index < -0.39 is 42.0 Å². The van der Waals surface area contributed by atoms with Crippen molar-refractivity contribution in [1.82, 2.24) is 10.2 Å². The van der Waals surface area contributed by atoms with E-state index in [1.54, 1.807) is 0 Å². The monoisotopic (exact) mass is 399 g/mol. The van der Waals surface area contributed by atoms with Gasteiger partial charge in [-0.1, -0.05) is 6.92 Å². The quantitative estimate of drug-likeness (QED) is 0.762. The van der Waals surface area contributed by atoms with Crippen LogP contribution in [0.1, 0.15) is 32.6 Å². The Bertz CT molecular complexity index is 771. The summed E-state index contributed by atoms with van der Waals surface area (Å²) in [4.78, 5) is 38.0. The fourth-order valence-electron chi connectivity index (χ4n) is 3.50. The van der Waals surface area contributed by atoms with Gasteiger partial charge in [0.1, 0.15) is 17.8 Å². The van der Waals surface area contributed by atoms with Gasteiger partial charge in [0.15, 0.2) is 0 Å². The van der Waals surface area contributed by atoms with Crippen molar-refractivity contribution in [2.24, 2.45) is 5.92 Å². The maximum Gasteiger partial charge on any atom is 0.573 e. The predicted molar refractivity (Wildman–Crippen MR) is 92.4 cm³/mol. The molecule has 7 nitrogen and oxygen atoms in total. The van der Waals surface area contributed by atoms with Crippen LogP contribution in [-0.4, -0.2) is 41.2 Å². The molecule has 1 aliphatic heterocycles. The average Bonchev–Trinajstić information content (AvgIpc) is 2.82. The van der Waals surface area contributed by atoms with Crippen molar-refractivity contribution in [3.05, 3.63) is 24.3 Å². The van der Waals surface area contributed by atoms with Crippen LogP contribution in [-0.2, 0) is 9.59 Å². The zero-order valence-corrected chi connectivity index (χ0v) is 15.1. The average molecular weight is 399 g/mol. The molecule has 3 rings (SSSR count). The largest absolute Gasteiger partial charge is 0.573 e. The number of hydrogen-bond donors (Lipinski definition) is 2. The minimum absolute atomic E-state index is 0.216. The van der Waals surface area contributed by atoms with E-state index >= 15 is 0 Å². The zero-order valence-electron chi connectivity index (χ0n) is 15.1. The van der Waals surface area contributed by atoms with Crippen molar-refractivity contribution in [2.75, 3.05) is 11.9 Å². The Morgan fingerprint density at radius 3 is 2.43 bits per heavy atom. The maximum atomic E-state index is 12.7. The number of carbonyl (C=O) groups excluding carboxylic acids is 3. The van der Waals surface area contributed by atoms with Crippen molar-refractivity contribution < 1.29 is 32.3 Å². The first kappa shape index (κ1) is 20.0. The highest BCUT2D eigenvalue weighted by Crippen LogP contribution is 2.36. The second kappa shape index (κ2) is 7.33. The molecule has 2 aliphatic rings. The SMILES string of the molecule is CC1CCC2(CC1)NC(=O)N(CC(=O)Nc1ccc(OC(F)(F)F)cc1)C2=O. The first-order chi connectivity index (χ1) is 13.1. The molecule has 4 amide bonds. The molecule has 0 bridgehead atoms. The van der Waals surface area contributed by atoms with Gasteiger partial charge >= 0.3 is 12.4 Å². The minimum Gasteiger partial charge on any atom is -0.406 e. The third kappa shape index (κ3) is 4.37. The molecule has 28 heavy (non-hydrogen) atoms. The van der Waals surface area contributed by atoms with Gasteiger partial charge in [0.05, 0.1) is 0 Å². The highest BCUT2D eigenvalue weighted by atomic mass is 19.4. The van der Waals surface area contributed by atoms with Gasteiger partial charge < -0.3 is 15.4 Å². The highest BCUT2D eigenvalue weighted by Gasteiger charge is 2.52. The molecule has 1 saturated carbocycles.